The minimum atomic E-state index is -3.72. The van der Waals surface area contributed by atoms with Crippen molar-refractivity contribution in [3.63, 3.8) is 0 Å². The molecule has 30 heavy (non-hydrogen) atoms. The number of hydrogen-bond acceptors (Lipinski definition) is 4. The van der Waals surface area contributed by atoms with Crippen molar-refractivity contribution < 1.29 is 13.2 Å². The van der Waals surface area contributed by atoms with E-state index in [4.69, 9.17) is 11.6 Å². The summed E-state index contributed by atoms with van der Waals surface area (Å²) in [6.07, 6.45) is 1.77. The minimum absolute atomic E-state index is 0.0352. The molecular weight excluding hydrogens is 440 g/mol. The summed E-state index contributed by atoms with van der Waals surface area (Å²) in [5, 5.41) is 2.55. The molecule has 1 aliphatic rings. The van der Waals surface area contributed by atoms with Crippen LogP contribution in [0.1, 0.15) is 39.7 Å². The first kappa shape index (κ1) is 21.1. The van der Waals surface area contributed by atoms with E-state index in [0.29, 0.717) is 17.1 Å². The van der Waals surface area contributed by atoms with Crippen LogP contribution in [0, 0.1) is 0 Å². The van der Waals surface area contributed by atoms with E-state index >= 15 is 0 Å². The van der Waals surface area contributed by atoms with Crippen molar-refractivity contribution in [1.29, 1.82) is 0 Å². The number of carbonyl (C=O) groups excluding carboxylic acids is 1. The summed E-state index contributed by atoms with van der Waals surface area (Å²) >= 11 is 7.48. The third-order valence-corrected chi connectivity index (χ3v) is 7.70. The first-order valence-corrected chi connectivity index (χ1v) is 12.4. The number of rotatable bonds is 6. The number of hydrogen-bond donors (Lipinski definition) is 1. The van der Waals surface area contributed by atoms with Crippen LogP contribution >= 0.6 is 22.9 Å². The lowest BCUT2D eigenvalue weighted by Crippen LogP contribution is -2.31. The van der Waals surface area contributed by atoms with Gasteiger partial charge in [-0.3, -0.25) is 4.79 Å². The van der Waals surface area contributed by atoms with Gasteiger partial charge in [-0.05, 0) is 60.2 Å². The maximum absolute atomic E-state index is 13.2. The highest BCUT2D eigenvalue weighted by molar-refractivity contribution is 7.89. The van der Waals surface area contributed by atoms with E-state index in [1.54, 1.807) is 12.1 Å². The van der Waals surface area contributed by atoms with Gasteiger partial charge in [-0.25, -0.2) is 13.1 Å². The van der Waals surface area contributed by atoms with E-state index in [-0.39, 0.29) is 23.4 Å². The topological polar surface area (TPSA) is 66.5 Å². The Kier molecular flexibility index (Phi) is 6.24. The van der Waals surface area contributed by atoms with Gasteiger partial charge in [0.1, 0.15) is 0 Å². The molecule has 8 heteroatoms. The molecule has 4 rings (SSSR count). The minimum Gasteiger partial charge on any atom is -0.332 e. The first-order valence-electron chi connectivity index (χ1n) is 9.62. The standard InChI is InChI=1S/C22H21ClN2O3S2/c23-18-10-8-16(9-11-18)21-7-2-12-25(21)22(26)17-4-1-6-20(14-17)30(27,28)24-15-19-5-3-13-29-19/h1,3-6,8-11,13-14,21,24H,2,7,12,15H2. The predicted octanol–water partition coefficient (Wildman–Crippen LogP) is 4.86. The lowest BCUT2D eigenvalue weighted by Gasteiger charge is -2.25. The normalized spacial score (nSPS) is 16.7. The number of sulfonamides is 1. The fourth-order valence-electron chi connectivity index (χ4n) is 3.67. The molecule has 0 aliphatic carbocycles. The van der Waals surface area contributed by atoms with Crippen LogP contribution in [0.5, 0.6) is 0 Å². The monoisotopic (exact) mass is 460 g/mol. The highest BCUT2D eigenvalue weighted by Gasteiger charge is 2.31. The van der Waals surface area contributed by atoms with E-state index in [9.17, 15) is 13.2 Å². The average Bonchev–Trinajstić information content (AvgIpc) is 3.45. The van der Waals surface area contributed by atoms with E-state index in [1.807, 2.05) is 46.7 Å². The molecule has 1 aromatic heterocycles. The van der Waals surface area contributed by atoms with Crippen LogP contribution in [0.15, 0.2) is 70.9 Å². The number of amides is 1. The molecule has 1 N–H and O–H groups in total. The average molecular weight is 461 g/mol. The molecule has 1 amide bonds. The van der Waals surface area contributed by atoms with Crippen molar-refractivity contribution in [2.24, 2.45) is 0 Å². The van der Waals surface area contributed by atoms with Gasteiger partial charge in [0.2, 0.25) is 10.0 Å². The van der Waals surface area contributed by atoms with Crippen molar-refractivity contribution in [3.8, 4) is 0 Å². The zero-order chi connectivity index (χ0) is 21.1. The summed E-state index contributed by atoms with van der Waals surface area (Å²) in [6, 6.07) is 17.5. The molecule has 1 aliphatic heterocycles. The Bertz CT molecular complexity index is 1130. The van der Waals surface area contributed by atoms with Crippen LogP contribution < -0.4 is 4.72 Å². The van der Waals surface area contributed by atoms with Crippen LogP contribution in [0.3, 0.4) is 0 Å². The van der Waals surface area contributed by atoms with Gasteiger partial charge in [-0.1, -0.05) is 35.9 Å². The second-order valence-electron chi connectivity index (χ2n) is 7.14. The van der Waals surface area contributed by atoms with Gasteiger partial charge >= 0.3 is 0 Å². The molecule has 1 atom stereocenters. The van der Waals surface area contributed by atoms with Crippen molar-refractivity contribution in [2.75, 3.05) is 6.54 Å². The Morgan fingerprint density at radius 3 is 2.67 bits per heavy atom. The van der Waals surface area contributed by atoms with E-state index in [0.717, 1.165) is 23.3 Å². The summed E-state index contributed by atoms with van der Waals surface area (Å²) in [5.74, 6) is -0.164. The SMILES string of the molecule is O=C(c1cccc(S(=O)(=O)NCc2cccs2)c1)N1CCCC1c1ccc(Cl)cc1. The van der Waals surface area contributed by atoms with E-state index in [1.165, 1.54) is 23.5 Å². The summed E-state index contributed by atoms with van der Waals surface area (Å²) < 4.78 is 28.0. The molecule has 2 aromatic carbocycles. The first-order chi connectivity index (χ1) is 14.4. The van der Waals surface area contributed by atoms with Crippen molar-refractivity contribution in [3.05, 3.63) is 87.1 Å². The molecule has 0 spiro atoms. The lowest BCUT2D eigenvalue weighted by molar-refractivity contribution is 0.0735. The van der Waals surface area contributed by atoms with Crippen molar-refractivity contribution in [1.82, 2.24) is 9.62 Å². The van der Waals surface area contributed by atoms with E-state index in [2.05, 4.69) is 4.72 Å². The second-order valence-corrected chi connectivity index (χ2v) is 10.4. The summed E-state index contributed by atoms with van der Waals surface area (Å²) in [4.78, 5) is 16.0. The Labute approximate surface area is 185 Å². The zero-order valence-electron chi connectivity index (χ0n) is 16.1. The van der Waals surface area contributed by atoms with Crippen LogP contribution in [-0.2, 0) is 16.6 Å². The zero-order valence-corrected chi connectivity index (χ0v) is 18.5. The molecule has 0 radical (unpaired) electrons. The van der Waals surface area contributed by atoms with Gasteiger partial charge in [-0.2, -0.15) is 0 Å². The van der Waals surface area contributed by atoms with Gasteiger partial charge in [0.05, 0.1) is 10.9 Å². The highest BCUT2D eigenvalue weighted by Crippen LogP contribution is 2.33. The summed E-state index contributed by atoms with van der Waals surface area (Å²) in [6.45, 7) is 0.864. The van der Waals surface area contributed by atoms with Gasteiger partial charge < -0.3 is 4.90 Å². The molecular formula is C22H21ClN2O3S2. The fraction of sp³-hybridized carbons (Fsp3) is 0.227. The Morgan fingerprint density at radius 1 is 1.13 bits per heavy atom. The van der Waals surface area contributed by atoms with Crippen LogP contribution in [0.25, 0.3) is 0 Å². The number of likely N-dealkylation sites (tertiary alicyclic amines) is 1. The number of nitrogens with one attached hydrogen (secondary N) is 1. The molecule has 0 bridgehead atoms. The van der Waals surface area contributed by atoms with Crippen molar-refractivity contribution in [2.45, 2.75) is 30.3 Å². The molecule has 1 saturated heterocycles. The molecule has 1 unspecified atom stereocenters. The van der Waals surface area contributed by atoms with Gasteiger partial charge in [0.25, 0.3) is 5.91 Å². The smallest absolute Gasteiger partial charge is 0.254 e. The highest BCUT2D eigenvalue weighted by atomic mass is 35.5. The van der Waals surface area contributed by atoms with E-state index < -0.39 is 10.0 Å². The Morgan fingerprint density at radius 2 is 1.93 bits per heavy atom. The van der Waals surface area contributed by atoms with Crippen LogP contribution in [0.4, 0.5) is 0 Å². The van der Waals surface area contributed by atoms with Gasteiger partial charge in [0, 0.05) is 28.6 Å². The maximum atomic E-state index is 13.2. The molecule has 1 fully saturated rings. The molecule has 156 valence electrons. The largest absolute Gasteiger partial charge is 0.332 e. The van der Waals surface area contributed by atoms with Crippen molar-refractivity contribution >= 4 is 38.9 Å². The number of carbonyl (C=O) groups is 1. The van der Waals surface area contributed by atoms with Crippen LogP contribution in [0.2, 0.25) is 5.02 Å². The molecule has 2 heterocycles. The molecule has 0 saturated carbocycles. The third kappa shape index (κ3) is 4.59. The third-order valence-electron chi connectivity index (χ3n) is 5.18. The van der Waals surface area contributed by atoms with Crippen LogP contribution in [-0.4, -0.2) is 25.8 Å². The quantitative estimate of drug-likeness (QED) is 0.571. The number of benzene rings is 2. The second kappa shape index (κ2) is 8.89. The summed E-state index contributed by atoms with van der Waals surface area (Å²) in [5.41, 5.74) is 1.40. The summed E-state index contributed by atoms with van der Waals surface area (Å²) in [7, 11) is -3.72. The number of halogens is 1. The van der Waals surface area contributed by atoms with Gasteiger partial charge in [0.15, 0.2) is 0 Å². The van der Waals surface area contributed by atoms with Gasteiger partial charge in [-0.15, -0.1) is 11.3 Å². The molecule has 3 aromatic rings. The molecule has 5 nitrogen and oxygen atoms in total. The maximum Gasteiger partial charge on any atom is 0.254 e. The predicted molar refractivity (Wildman–Crippen MR) is 119 cm³/mol. The fourth-order valence-corrected chi connectivity index (χ4v) is 5.58. The lowest BCUT2D eigenvalue weighted by atomic mass is 10.0. The Balaban J connectivity index is 1.54. The number of nitrogens with zero attached hydrogens (tertiary/aromatic N) is 1. The number of thiophene rings is 1. The Hall–Kier alpha value is -2.19.